The van der Waals surface area contributed by atoms with Gasteiger partial charge in [-0.2, -0.15) is 0 Å². The van der Waals surface area contributed by atoms with Crippen LogP contribution in [0.2, 0.25) is 0 Å². The van der Waals surface area contributed by atoms with Gasteiger partial charge in [-0.25, -0.2) is 9.69 Å². The van der Waals surface area contributed by atoms with Gasteiger partial charge >= 0.3 is 17.8 Å². The maximum absolute atomic E-state index is 11.9. The highest BCUT2D eigenvalue weighted by Gasteiger charge is 2.44. The second-order valence-electron chi connectivity index (χ2n) is 4.68. The van der Waals surface area contributed by atoms with E-state index in [1.165, 1.54) is 12.3 Å². The van der Waals surface area contributed by atoms with Crippen LogP contribution >= 0.6 is 0 Å². The van der Waals surface area contributed by atoms with Crippen LogP contribution in [-0.2, 0) is 14.4 Å². The van der Waals surface area contributed by atoms with Crippen molar-refractivity contribution < 1.29 is 23.6 Å². The molecule has 0 saturated carbocycles. The standard InChI is InChI=1S/C14H15N3O5/c1-3-6-16-12(19)13(20)17(14(16)21)8-11(18)15-9(2)10-5-4-7-22-10/h3-5,7,9H,1,6,8H2,2H3,(H,15,18)/t9-/m0/s1. The Morgan fingerprint density at radius 2 is 2.05 bits per heavy atom. The molecule has 2 heterocycles. The first-order chi connectivity index (χ1) is 10.5. The van der Waals surface area contributed by atoms with Crippen molar-refractivity contribution in [1.82, 2.24) is 15.1 Å². The van der Waals surface area contributed by atoms with Crippen LogP contribution < -0.4 is 5.32 Å². The number of amides is 5. The first-order valence-electron chi connectivity index (χ1n) is 6.56. The third-order valence-electron chi connectivity index (χ3n) is 3.10. The zero-order chi connectivity index (χ0) is 16.3. The van der Waals surface area contributed by atoms with E-state index in [9.17, 15) is 19.2 Å². The summed E-state index contributed by atoms with van der Waals surface area (Å²) in [7, 11) is 0. The summed E-state index contributed by atoms with van der Waals surface area (Å²) in [6, 6.07) is 2.12. The smallest absolute Gasteiger partial charge is 0.335 e. The Morgan fingerprint density at radius 1 is 1.36 bits per heavy atom. The van der Waals surface area contributed by atoms with E-state index >= 15 is 0 Å². The molecule has 0 bridgehead atoms. The SMILES string of the molecule is C=CCN1C(=O)C(=O)N(CC(=O)N[C@@H](C)c2ccco2)C1=O. The van der Waals surface area contributed by atoms with Gasteiger partial charge in [0.2, 0.25) is 5.91 Å². The molecule has 1 aromatic rings. The Balaban J connectivity index is 1.99. The van der Waals surface area contributed by atoms with Crippen LogP contribution in [0.15, 0.2) is 35.5 Å². The van der Waals surface area contributed by atoms with Gasteiger partial charge in [0.05, 0.1) is 12.3 Å². The summed E-state index contributed by atoms with van der Waals surface area (Å²) < 4.78 is 5.14. The fraction of sp³-hybridized carbons (Fsp3) is 0.286. The van der Waals surface area contributed by atoms with Crippen molar-refractivity contribution in [2.24, 2.45) is 0 Å². The number of furan rings is 1. The van der Waals surface area contributed by atoms with Crippen LogP contribution in [0.5, 0.6) is 0 Å². The molecule has 0 radical (unpaired) electrons. The summed E-state index contributed by atoms with van der Waals surface area (Å²) >= 11 is 0. The molecule has 5 amide bonds. The van der Waals surface area contributed by atoms with Crippen LogP contribution in [0.3, 0.4) is 0 Å². The summed E-state index contributed by atoms with van der Waals surface area (Å²) in [5.41, 5.74) is 0. The highest BCUT2D eigenvalue weighted by Crippen LogP contribution is 2.14. The summed E-state index contributed by atoms with van der Waals surface area (Å²) in [5.74, 6) is -2.01. The molecule has 0 aromatic carbocycles. The topological polar surface area (TPSA) is 99.9 Å². The van der Waals surface area contributed by atoms with Crippen LogP contribution in [0.25, 0.3) is 0 Å². The highest BCUT2D eigenvalue weighted by atomic mass is 16.3. The molecular weight excluding hydrogens is 290 g/mol. The average molecular weight is 305 g/mol. The monoisotopic (exact) mass is 305 g/mol. The molecule has 0 aliphatic carbocycles. The molecule has 0 spiro atoms. The van der Waals surface area contributed by atoms with E-state index in [2.05, 4.69) is 11.9 Å². The molecule has 0 unspecified atom stereocenters. The Morgan fingerprint density at radius 3 is 2.64 bits per heavy atom. The van der Waals surface area contributed by atoms with Crippen molar-refractivity contribution in [2.75, 3.05) is 13.1 Å². The van der Waals surface area contributed by atoms with Crippen molar-refractivity contribution in [2.45, 2.75) is 13.0 Å². The number of imide groups is 2. The van der Waals surface area contributed by atoms with Gasteiger partial charge in [0, 0.05) is 6.54 Å². The fourth-order valence-electron chi connectivity index (χ4n) is 2.02. The van der Waals surface area contributed by atoms with Crippen LogP contribution in [0.4, 0.5) is 4.79 Å². The molecule has 8 heteroatoms. The van der Waals surface area contributed by atoms with E-state index in [0.717, 1.165) is 4.90 Å². The van der Waals surface area contributed by atoms with Crippen LogP contribution in [0, 0.1) is 0 Å². The third kappa shape index (κ3) is 2.90. The number of urea groups is 1. The van der Waals surface area contributed by atoms with E-state index in [0.29, 0.717) is 10.7 Å². The molecule has 2 rings (SSSR count). The largest absolute Gasteiger partial charge is 0.467 e. The van der Waals surface area contributed by atoms with Gasteiger partial charge < -0.3 is 9.73 Å². The molecule has 1 atom stereocenters. The van der Waals surface area contributed by atoms with Gasteiger partial charge in [-0.05, 0) is 19.1 Å². The first-order valence-corrected chi connectivity index (χ1v) is 6.56. The number of hydrogen-bond acceptors (Lipinski definition) is 5. The van der Waals surface area contributed by atoms with Crippen molar-refractivity contribution in [3.05, 3.63) is 36.8 Å². The number of carbonyl (C=O) groups excluding carboxylic acids is 4. The maximum Gasteiger partial charge on any atom is 0.335 e. The summed E-state index contributed by atoms with van der Waals surface area (Å²) in [6.07, 6.45) is 2.79. The highest BCUT2D eigenvalue weighted by molar-refractivity contribution is 6.45. The number of rotatable bonds is 6. The Hall–Kier alpha value is -2.90. The minimum absolute atomic E-state index is 0.0790. The average Bonchev–Trinajstić information content (AvgIpc) is 3.07. The van der Waals surface area contributed by atoms with Gasteiger partial charge in [-0.3, -0.25) is 19.3 Å². The summed E-state index contributed by atoms with van der Waals surface area (Å²) in [5, 5.41) is 2.58. The predicted molar refractivity (Wildman–Crippen MR) is 74.3 cm³/mol. The van der Waals surface area contributed by atoms with Gasteiger partial charge in [-0.1, -0.05) is 6.08 Å². The van der Waals surface area contributed by atoms with Crippen LogP contribution in [0.1, 0.15) is 18.7 Å². The van der Waals surface area contributed by atoms with Crippen molar-refractivity contribution in [1.29, 1.82) is 0 Å². The lowest BCUT2D eigenvalue weighted by molar-refractivity contribution is -0.143. The summed E-state index contributed by atoms with van der Waals surface area (Å²) in [6.45, 7) is 4.50. The van der Waals surface area contributed by atoms with Crippen LogP contribution in [-0.4, -0.2) is 46.6 Å². The predicted octanol–water partition coefficient (Wildman–Crippen LogP) is 0.434. The molecule has 1 saturated heterocycles. The van der Waals surface area contributed by atoms with E-state index < -0.39 is 36.3 Å². The lowest BCUT2D eigenvalue weighted by atomic mass is 10.2. The molecule has 1 aliphatic rings. The third-order valence-corrected chi connectivity index (χ3v) is 3.10. The first kappa shape index (κ1) is 15.5. The fourth-order valence-corrected chi connectivity index (χ4v) is 2.02. The van der Waals surface area contributed by atoms with Crippen molar-refractivity contribution >= 4 is 23.8 Å². The molecule has 1 fully saturated rings. The van der Waals surface area contributed by atoms with Gasteiger partial charge in [-0.15, -0.1) is 6.58 Å². The van der Waals surface area contributed by atoms with Gasteiger partial charge in [0.15, 0.2) is 0 Å². The van der Waals surface area contributed by atoms with E-state index in [-0.39, 0.29) is 6.54 Å². The lowest BCUT2D eigenvalue weighted by Gasteiger charge is -2.16. The maximum atomic E-state index is 11.9. The second kappa shape index (κ2) is 6.25. The van der Waals surface area contributed by atoms with Crippen molar-refractivity contribution in [3.63, 3.8) is 0 Å². The number of nitrogens with zero attached hydrogens (tertiary/aromatic N) is 2. The quantitative estimate of drug-likeness (QED) is 0.467. The summed E-state index contributed by atoms with van der Waals surface area (Å²) in [4.78, 5) is 48.5. The van der Waals surface area contributed by atoms with Gasteiger partial charge in [0.25, 0.3) is 0 Å². The molecule has 1 aliphatic heterocycles. The molecule has 1 N–H and O–H groups in total. The molecule has 8 nitrogen and oxygen atoms in total. The second-order valence-corrected chi connectivity index (χ2v) is 4.68. The molecule has 22 heavy (non-hydrogen) atoms. The zero-order valence-electron chi connectivity index (χ0n) is 11.9. The molecule has 116 valence electrons. The lowest BCUT2D eigenvalue weighted by Crippen LogP contribution is -2.42. The number of hydrogen-bond donors (Lipinski definition) is 1. The Bertz CT molecular complexity index is 622. The molecular formula is C14H15N3O5. The van der Waals surface area contributed by atoms with Crippen molar-refractivity contribution in [3.8, 4) is 0 Å². The molecule has 1 aromatic heterocycles. The minimum atomic E-state index is -1.02. The number of carbonyl (C=O) groups is 4. The van der Waals surface area contributed by atoms with E-state index in [1.807, 2.05) is 0 Å². The normalized spacial score (nSPS) is 16.1. The zero-order valence-corrected chi connectivity index (χ0v) is 11.9. The minimum Gasteiger partial charge on any atom is -0.467 e. The number of nitrogens with one attached hydrogen (secondary N) is 1. The van der Waals surface area contributed by atoms with E-state index in [1.54, 1.807) is 19.1 Å². The van der Waals surface area contributed by atoms with E-state index in [4.69, 9.17) is 4.42 Å². The Labute approximate surface area is 126 Å². The van der Waals surface area contributed by atoms with Gasteiger partial charge in [0.1, 0.15) is 12.3 Å². The Kier molecular flexibility index (Phi) is 4.40.